The molecular formula is C21H22N2O3. The van der Waals surface area contributed by atoms with Gasteiger partial charge >= 0.3 is 0 Å². The van der Waals surface area contributed by atoms with Crippen LogP contribution in [0.2, 0.25) is 0 Å². The number of rotatable bonds is 7. The second-order valence-corrected chi connectivity index (χ2v) is 5.84. The van der Waals surface area contributed by atoms with Crippen molar-refractivity contribution >= 4 is 22.9 Å². The van der Waals surface area contributed by atoms with Crippen molar-refractivity contribution in [3.05, 3.63) is 65.9 Å². The third kappa shape index (κ3) is 4.06. The Labute approximate surface area is 152 Å². The molecule has 0 spiro atoms. The Morgan fingerprint density at radius 3 is 2.81 bits per heavy atom. The van der Waals surface area contributed by atoms with Crippen LogP contribution in [-0.2, 0) is 11.2 Å². The summed E-state index contributed by atoms with van der Waals surface area (Å²) in [6.07, 6.45) is 5.99. The van der Waals surface area contributed by atoms with Gasteiger partial charge in [-0.3, -0.25) is 4.79 Å². The van der Waals surface area contributed by atoms with Crippen molar-refractivity contribution in [2.75, 3.05) is 20.8 Å². The van der Waals surface area contributed by atoms with Gasteiger partial charge in [-0.15, -0.1) is 0 Å². The summed E-state index contributed by atoms with van der Waals surface area (Å²) in [5, 5.41) is 4.02. The predicted octanol–water partition coefficient (Wildman–Crippen LogP) is 3.56. The van der Waals surface area contributed by atoms with Gasteiger partial charge in [-0.1, -0.05) is 18.2 Å². The molecule has 3 rings (SSSR count). The summed E-state index contributed by atoms with van der Waals surface area (Å²) in [6, 6.07) is 13.5. The SMILES string of the molecule is COc1ccc2[nH]cc(CCNC(=O)/C=C/c3ccccc3OC)c2c1. The first-order valence-corrected chi connectivity index (χ1v) is 8.44. The minimum absolute atomic E-state index is 0.131. The molecule has 0 aliphatic carbocycles. The van der Waals surface area contributed by atoms with Crippen molar-refractivity contribution in [3.63, 3.8) is 0 Å². The van der Waals surface area contributed by atoms with Crippen LogP contribution in [0.15, 0.2) is 54.7 Å². The number of methoxy groups -OCH3 is 2. The number of H-pyrrole nitrogens is 1. The lowest BCUT2D eigenvalue weighted by atomic mass is 10.1. The average Bonchev–Trinajstić information content (AvgIpc) is 3.08. The minimum atomic E-state index is -0.131. The third-order valence-corrected chi connectivity index (χ3v) is 4.22. The van der Waals surface area contributed by atoms with Gasteiger partial charge in [0, 0.05) is 35.3 Å². The topological polar surface area (TPSA) is 63.3 Å². The Kier molecular flexibility index (Phi) is 5.59. The molecule has 0 aliphatic rings. The van der Waals surface area contributed by atoms with E-state index in [4.69, 9.17) is 9.47 Å². The number of aromatic nitrogens is 1. The summed E-state index contributed by atoms with van der Waals surface area (Å²) in [6.45, 7) is 0.555. The second kappa shape index (κ2) is 8.25. The molecule has 0 fully saturated rings. The van der Waals surface area contributed by atoms with Gasteiger partial charge in [-0.2, -0.15) is 0 Å². The summed E-state index contributed by atoms with van der Waals surface area (Å²) in [4.78, 5) is 15.3. The number of hydrogen-bond acceptors (Lipinski definition) is 3. The lowest BCUT2D eigenvalue weighted by Crippen LogP contribution is -2.23. The lowest BCUT2D eigenvalue weighted by Gasteiger charge is -2.04. The Morgan fingerprint density at radius 1 is 1.15 bits per heavy atom. The van der Waals surface area contributed by atoms with Crippen LogP contribution in [0.3, 0.4) is 0 Å². The van der Waals surface area contributed by atoms with Gasteiger partial charge < -0.3 is 19.8 Å². The third-order valence-electron chi connectivity index (χ3n) is 4.22. The van der Waals surface area contributed by atoms with Gasteiger partial charge in [0.25, 0.3) is 0 Å². The summed E-state index contributed by atoms with van der Waals surface area (Å²) in [5.41, 5.74) is 3.07. The highest BCUT2D eigenvalue weighted by Crippen LogP contribution is 2.23. The van der Waals surface area contributed by atoms with Crippen LogP contribution in [-0.4, -0.2) is 31.7 Å². The molecule has 0 saturated heterocycles. The van der Waals surface area contributed by atoms with E-state index in [1.54, 1.807) is 20.3 Å². The van der Waals surface area contributed by atoms with Crippen molar-refractivity contribution in [1.29, 1.82) is 0 Å². The number of fused-ring (bicyclic) bond motifs is 1. The van der Waals surface area contributed by atoms with Gasteiger partial charge in [0.1, 0.15) is 11.5 Å². The van der Waals surface area contributed by atoms with E-state index in [0.29, 0.717) is 6.54 Å². The molecule has 5 nitrogen and oxygen atoms in total. The molecule has 2 N–H and O–H groups in total. The molecule has 3 aromatic rings. The molecule has 0 atom stereocenters. The summed E-state index contributed by atoms with van der Waals surface area (Å²) < 4.78 is 10.6. The largest absolute Gasteiger partial charge is 0.497 e. The number of nitrogens with one attached hydrogen (secondary N) is 2. The normalized spacial score (nSPS) is 11.0. The van der Waals surface area contributed by atoms with Gasteiger partial charge in [0.05, 0.1) is 14.2 Å². The summed E-state index contributed by atoms with van der Waals surface area (Å²) in [5.74, 6) is 1.43. The Hall–Kier alpha value is -3.21. The van der Waals surface area contributed by atoms with Gasteiger partial charge in [-0.05, 0) is 42.3 Å². The quantitative estimate of drug-likeness (QED) is 0.641. The van der Waals surface area contributed by atoms with E-state index in [0.717, 1.165) is 39.9 Å². The first kappa shape index (κ1) is 17.6. The zero-order valence-electron chi connectivity index (χ0n) is 14.9. The van der Waals surface area contributed by atoms with E-state index in [9.17, 15) is 4.79 Å². The number of carbonyl (C=O) groups excluding carboxylic acids is 1. The molecule has 0 saturated carbocycles. The summed E-state index contributed by atoms with van der Waals surface area (Å²) >= 11 is 0. The molecule has 26 heavy (non-hydrogen) atoms. The first-order chi connectivity index (χ1) is 12.7. The van der Waals surface area contributed by atoms with Gasteiger partial charge in [-0.25, -0.2) is 0 Å². The van der Waals surface area contributed by atoms with E-state index in [2.05, 4.69) is 10.3 Å². The number of aromatic amines is 1. The van der Waals surface area contributed by atoms with E-state index in [-0.39, 0.29) is 5.91 Å². The van der Waals surface area contributed by atoms with Crippen molar-refractivity contribution in [2.24, 2.45) is 0 Å². The number of benzene rings is 2. The standard InChI is InChI=1S/C21H22N2O3/c1-25-17-8-9-19-18(13-17)16(14-23-19)11-12-22-21(24)10-7-15-5-3-4-6-20(15)26-2/h3-10,13-14,23H,11-12H2,1-2H3,(H,22,24)/b10-7+. The van der Waals surface area contributed by atoms with Gasteiger partial charge in [0.2, 0.25) is 5.91 Å². The Morgan fingerprint density at radius 2 is 2.00 bits per heavy atom. The fourth-order valence-corrected chi connectivity index (χ4v) is 2.84. The van der Waals surface area contributed by atoms with E-state index < -0.39 is 0 Å². The Balaban J connectivity index is 1.58. The highest BCUT2D eigenvalue weighted by atomic mass is 16.5. The number of para-hydroxylation sites is 1. The van der Waals surface area contributed by atoms with Crippen LogP contribution < -0.4 is 14.8 Å². The molecule has 134 valence electrons. The van der Waals surface area contributed by atoms with E-state index in [1.807, 2.05) is 48.7 Å². The monoisotopic (exact) mass is 350 g/mol. The molecule has 0 radical (unpaired) electrons. The molecule has 1 amide bonds. The van der Waals surface area contributed by atoms with Crippen LogP contribution in [0, 0.1) is 0 Å². The molecular weight excluding hydrogens is 328 g/mol. The van der Waals surface area contributed by atoms with Crippen LogP contribution >= 0.6 is 0 Å². The van der Waals surface area contributed by atoms with Crippen molar-refractivity contribution in [3.8, 4) is 11.5 Å². The summed E-state index contributed by atoms with van der Waals surface area (Å²) in [7, 11) is 3.27. The maximum absolute atomic E-state index is 12.0. The number of ether oxygens (including phenoxy) is 2. The average molecular weight is 350 g/mol. The van der Waals surface area contributed by atoms with Gasteiger partial charge in [0.15, 0.2) is 0 Å². The first-order valence-electron chi connectivity index (χ1n) is 8.44. The zero-order chi connectivity index (χ0) is 18.4. The van der Waals surface area contributed by atoms with Crippen LogP contribution in [0.4, 0.5) is 0 Å². The minimum Gasteiger partial charge on any atom is -0.497 e. The number of carbonyl (C=O) groups is 1. The molecule has 1 heterocycles. The maximum atomic E-state index is 12.0. The van der Waals surface area contributed by atoms with Crippen LogP contribution in [0.25, 0.3) is 17.0 Å². The van der Waals surface area contributed by atoms with Crippen LogP contribution in [0.5, 0.6) is 11.5 Å². The second-order valence-electron chi connectivity index (χ2n) is 5.84. The maximum Gasteiger partial charge on any atom is 0.244 e. The van der Waals surface area contributed by atoms with Crippen molar-refractivity contribution in [2.45, 2.75) is 6.42 Å². The highest BCUT2D eigenvalue weighted by Gasteiger charge is 2.06. The predicted molar refractivity (Wildman–Crippen MR) is 104 cm³/mol. The zero-order valence-corrected chi connectivity index (χ0v) is 14.9. The van der Waals surface area contributed by atoms with E-state index in [1.165, 1.54) is 6.08 Å². The fraction of sp³-hybridized carbons (Fsp3) is 0.190. The van der Waals surface area contributed by atoms with E-state index >= 15 is 0 Å². The van der Waals surface area contributed by atoms with Crippen molar-refractivity contribution in [1.82, 2.24) is 10.3 Å². The lowest BCUT2D eigenvalue weighted by molar-refractivity contribution is -0.116. The smallest absolute Gasteiger partial charge is 0.244 e. The number of hydrogen-bond donors (Lipinski definition) is 2. The number of amides is 1. The Bertz CT molecular complexity index is 928. The molecule has 5 heteroatoms. The highest BCUT2D eigenvalue weighted by molar-refractivity contribution is 5.92. The fourth-order valence-electron chi connectivity index (χ4n) is 2.84. The molecule has 1 aromatic heterocycles. The molecule has 2 aromatic carbocycles. The molecule has 0 bridgehead atoms. The van der Waals surface area contributed by atoms with Crippen LogP contribution in [0.1, 0.15) is 11.1 Å². The molecule has 0 unspecified atom stereocenters. The molecule has 0 aliphatic heterocycles. The van der Waals surface area contributed by atoms with Crippen molar-refractivity contribution < 1.29 is 14.3 Å².